The second kappa shape index (κ2) is 14.8. The second-order valence-electron chi connectivity index (χ2n) is 13.3. The normalized spacial score (nSPS) is 28.0. The van der Waals surface area contributed by atoms with Crippen molar-refractivity contribution in [1.29, 1.82) is 0 Å². The van der Waals surface area contributed by atoms with E-state index in [1.165, 1.54) is 28.1 Å². The molecule has 296 valence electrons. The van der Waals surface area contributed by atoms with Crippen molar-refractivity contribution >= 4 is 64.0 Å². The number of amides is 2. The maximum atomic E-state index is 13.5. The molecule has 3 saturated heterocycles. The van der Waals surface area contributed by atoms with Crippen LogP contribution in [0, 0.1) is 5.92 Å². The number of phosphoric ester groups is 1. The molecule has 56 heavy (non-hydrogen) atoms. The maximum Gasteiger partial charge on any atom is 0.472 e. The van der Waals surface area contributed by atoms with E-state index in [0.717, 1.165) is 0 Å². The zero-order valence-electron chi connectivity index (χ0n) is 29.4. The number of anilines is 2. The lowest BCUT2D eigenvalue weighted by atomic mass is 10.2. The van der Waals surface area contributed by atoms with Crippen LogP contribution in [-0.2, 0) is 42.4 Å². The highest BCUT2D eigenvalue weighted by atomic mass is 32.2. The van der Waals surface area contributed by atoms with Gasteiger partial charge in [0.2, 0.25) is 11.9 Å². The van der Waals surface area contributed by atoms with Crippen LogP contribution >= 0.6 is 7.82 Å². The van der Waals surface area contributed by atoms with Gasteiger partial charge in [-0.15, -0.1) is 0 Å². The number of H-pyrrole nitrogens is 1. The Morgan fingerprint density at radius 2 is 1.73 bits per heavy atom. The fourth-order valence-electron chi connectivity index (χ4n) is 6.43. The minimum absolute atomic E-state index is 0.0537. The summed E-state index contributed by atoms with van der Waals surface area (Å²) in [5.41, 5.74) is -0.0238. The first-order valence-electron chi connectivity index (χ1n) is 17.2. The summed E-state index contributed by atoms with van der Waals surface area (Å²) in [6, 6.07) is 8.47. The summed E-state index contributed by atoms with van der Waals surface area (Å²) in [5, 5.41) is 5.22. The lowest BCUT2D eigenvalue weighted by Crippen LogP contribution is -2.38. The first-order valence-corrected chi connectivity index (χ1v) is 20.1. The van der Waals surface area contributed by atoms with E-state index >= 15 is 0 Å². The van der Waals surface area contributed by atoms with Gasteiger partial charge >= 0.3 is 18.1 Å². The molecule has 3 fully saturated rings. The van der Waals surface area contributed by atoms with Gasteiger partial charge in [-0.25, -0.2) is 24.5 Å². The van der Waals surface area contributed by atoms with Crippen molar-refractivity contribution in [3.8, 4) is 0 Å². The first-order chi connectivity index (χ1) is 26.7. The number of aromatic nitrogens is 8. The van der Waals surface area contributed by atoms with Crippen LogP contribution in [0.3, 0.4) is 0 Å². The van der Waals surface area contributed by atoms with Crippen molar-refractivity contribution in [3.63, 3.8) is 0 Å². The lowest BCUT2D eigenvalue weighted by molar-refractivity contribution is -0.118. The highest BCUT2D eigenvalue weighted by Gasteiger charge is 2.46. The molecule has 7 atom stereocenters. The highest BCUT2D eigenvalue weighted by Crippen LogP contribution is 2.50. The van der Waals surface area contributed by atoms with Gasteiger partial charge in [-0.3, -0.25) is 47.0 Å². The standard InChI is InChI=1S/C31H34N11O12PS/c1-15(2)27(43)39-31-38-26-23(29(45)40-31)35-14-42(26)30-19-8-17(51-30)10-36-56(48,49)54-18-9-21(52-20(18)11-50-55(46,47)53-19)41-13-34-22-24(32-12-33-25(22)41)37-28(44)16-6-4-3-5-7-16/h3-7,12-15,17-21,30,36H,8-11H2,1-2H3,(H,46,47)(H,32,33,37,44)(H2,38,39,40,43,45)/t17-,18-,19+,20+,21+,30+/m0/s1. The summed E-state index contributed by atoms with van der Waals surface area (Å²) in [7, 11) is -9.44. The number of fused-ring (bicyclic) bond motifs is 5. The van der Waals surface area contributed by atoms with Crippen molar-refractivity contribution in [2.24, 2.45) is 5.92 Å². The molecule has 3 aliphatic heterocycles. The average molecular weight is 816 g/mol. The number of hydrogen-bond donors (Lipinski definition) is 5. The summed E-state index contributed by atoms with van der Waals surface area (Å²) in [5.74, 6) is -1.33. The van der Waals surface area contributed by atoms with E-state index in [0.29, 0.717) is 5.56 Å². The van der Waals surface area contributed by atoms with Gasteiger partial charge in [-0.2, -0.15) is 18.1 Å². The molecule has 7 heterocycles. The molecule has 1 unspecified atom stereocenters. The molecule has 25 heteroatoms. The van der Waals surface area contributed by atoms with Crippen molar-refractivity contribution in [1.82, 2.24) is 43.8 Å². The fourth-order valence-corrected chi connectivity index (χ4v) is 8.34. The Labute approximate surface area is 316 Å². The molecule has 8 rings (SSSR count). The number of ether oxygens (including phenoxy) is 2. The van der Waals surface area contributed by atoms with Crippen LogP contribution in [0.25, 0.3) is 22.3 Å². The van der Waals surface area contributed by atoms with Crippen LogP contribution in [0.5, 0.6) is 0 Å². The van der Waals surface area contributed by atoms with Gasteiger partial charge in [-0.05, 0) is 12.1 Å². The maximum absolute atomic E-state index is 13.5. The molecule has 0 spiro atoms. The Morgan fingerprint density at radius 1 is 0.964 bits per heavy atom. The van der Waals surface area contributed by atoms with Gasteiger partial charge in [0, 0.05) is 30.9 Å². The molecule has 0 saturated carbocycles. The molecule has 5 aromatic rings. The van der Waals surface area contributed by atoms with Crippen molar-refractivity contribution < 1.29 is 50.2 Å². The number of phosphoric acid groups is 1. The Morgan fingerprint density at radius 3 is 2.52 bits per heavy atom. The van der Waals surface area contributed by atoms with Gasteiger partial charge in [0.15, 0.2) is 34.4 Å². The molecule has 0 aliphatic carbocycles. The summed E-state index contributed by atoms with van der Waals surface area (Å²) in [4.78, 5) is 72.5. The van der Waals surface area contributed by atoms with Crippen molar-refractivity contribution in [2.75, 3.05) is 23.8 Å². The SMILES string of the molecule is CC(C)C(=O)Nc1nc2c(ncn2[C@@H]2O[C@@H]3CNS(=O)(=O)O[C@H]4C[C@H](n5cnc6c(NC(=O)c7ccccc7)ncnc65)O[C@@H]4COP(=O)(O)O[C@@H]2C3)c(=O)[nH]1. The molecule has 0 radical (unpaired) electrons. The van der Waals surface area contributed by atoms with Gasteiger partial charge < -0.3 is 19.7 Å². The van der Waals surface area contributed by atoms with E-state index in [-0.39, 0.29) is 53.5 Å². The minimum atomic E-state index is -4.94. The summed E-state index contributed by atoms with van der Waals surface area (Å²) in [6.45, 7) is 2.29. The zero-order valence-corrected chi connectivity index (χ0v) is 31.1. The fraction of sp³-hybridized carbons (Fsp3) is 0.419. The number of nitrogens with one attached hydrogen (secondary N) is 4. The summed E-state index contributed by atoms with van der Waals surface area (Å²) >= 11 is 0. The van der Waals surface area contributed by atoms with E-state index in [9.17, 15) is 32.3 Å². The monoisotopic (exact) mass is 815 g/mol. The van der Waals surface area contributed by atoms with E-state index in [2.05, 4.69) is 45.3 Å². The summed E-state index contributed by atoms with van der Waals surface area (Å²) in [6.07, 6.45) is -3.31. The number of aromatic amines is 1. The zero-order chi connectivity index (χ0) is 39.4. The average Bonchev–Trinajstić information content (AvgIpc) is 3.95. The number of rotatable bonds is 6. The molecule has 4 aromatic heterocycles. The third-order valence-corrected chi connectivity index (χ3v) is 11.2. The number of benzene rings is 1. The van der Waals surface area contributed by atoms with Crippen molar-refractivity contribution in [3.05, 3.63) is 65.2 Å². The molecule has 1 aromatic carbocycles. The first kappa shape index (κ1) is 37.9. The Balaban J connectivity index is 1.03. The number of imidazole rings is 2. The van der Waals surface area contributed by atoms with Gasteiger partial charge in [0.1, 0.15) is 30.9 Å². The quantitative estimate of drug-likeness (QED) is 0.150. The smallest absolute Gasteiger partial charge is 0.350 e. The molecular weight excluding hydrogens is 781 g/mol. The third kappa shape index (κ3) is 7.70. The number of carbonyl (C=O) groups is 2. The molecule has 2 amide bonds. The van der Waals surface area contributed by atoms with Crippen LogP contribution in [0.1, 0.15) is 49.5 Å². The predicted octanol–water partition coefficient (Wildman–Crippen LogP) is 1.12. The number of hydrogen-bond acceptors (Lipinski definition) is 16. The molecular formula is C31H34N11O12PS. The Hall–Kier alpha value is -5.04. The third-order valence-electron chi connectivity index (χ3n) is 9.14. The van der Waals surface area contributed by atoms with E-state index in [1.54, 1.807) is 44.2 Å². The topological polar surface area (TPSA) is 295 Å². The van der Waals surface area contributed by atoms with Crippen LogP contribution in [-0.4, -0.2) is 102 Å². The Bertz CT molecular complexity index is 2530. The molecule has 5 N–H and O–H groups in total. The van der Waals surface area contributed by atoms with Gasteiger partial charge in [-0.1, -0.05) is 32.0 Å². The van der Waals surface area contributed by atoms with Crippen LogP contribution in [0.15, 0.2) is 54.1 Å². The van der Waals surface area contributed by atoms with Crippen LogP contribution < -0.4 is 20.9 Å². The van der Waals surface area contributed by atoms with E-state index < -0.39 is 84.9 Å². The highest BCUT2D eigenvalue weighted by molar-refractivity contribution is 7.84. The van der Waals surface area contributed by atoms with Crippen LogP contribution in [0.4, 0.5) is 11.8 Å². The van der Waals surface area contributed by atoms with Crippen LogP contribution in [0.2, 0.25) is 0 Å². The molecule has 2 bridgehead atoms. The second-order valence-corrected chi connectivity index (χ2v) is 16.1. The van der Waals surface area contributed by atoms with Gasteiger partial charge in [0.25, 0.3) is 11.5 Å². The summed E-state index contributed by atoms with van der Waals surface area (Å²) < 4.78 is 73.8. The van der Waals surface area contributed by atoms with E-state index in [4.69, 9.17) is 22.7 Å². The van der Waals surface area contributed by atoms with E-state index in [1.807, 2.05) is 0 Å². The molecule has 23 nitrogen and oxygen atoms in total. The largest absolute Gasteiger partial charge is 0.472 e. The van der Waals surface area contributed by atoms with Crippen molar-refractivity contribution in [2.45, 2.75) is 63.6 Å². The van der Waals surface area contributed by atoms with Gasteiger partial charge in [0.05, 0.1) is 25.4 Å². The molecule has 3 aliphatic rings. The number of nitrogens with zero attached hydrogens (tertiary/aromatic N) is 7. The number of carbonyl (C=O) groups excluding carboxylic acids is 2. The minimum Gasteiger partial charge on any atom is -0.350 e. The predicted molar refractivity (Wildman–Crippen MR) is 191 cm³/mol. The Kier molecular flexibility index (Phi) is 10.0. The lowest BCUT2D eigenvalue weighted by Gasteiger charge is -2.24.